The maximum atomic E-state index is 12.7. The molecule has 2 heterocycles. The lowest BCUT2D eigenvalue weighted by Crippen LogP contribution is -2.34. The quantitative estimate of drug-likeness (QED) is 0.445. The van der Waals surface area contributed by atoms with Crippen LogP contribution in [0, 0.1) is 10.8 Å². The van der Waals surface area contributed by atoms with Gasteiger partial charge in [0.25, 0.3) is 0 Å². The number of hydrogen-bond acceptors (Lipinski definition) is 3. The smallest absolute Gasteiger partial charge is 0.323 e. The molecule has 35 heavy (non-hydrogen) atoms. The van der Waals surface area contributed by atoms with Crippen molar-refractivity contribution in [3.63, 3.8) is 0 Å². The molecule has 1 aliphatic heterocycles. The van der Waals surface area contributed by atoms with Crippen LogP contribution >= 0.6 is 0 Å². The number of aromatic nitrogens is 1. The third kappa shape index (κ3) is 5.18. The summed E-state index contributed by atoms with van der Waals surface area (Å²) in [7, 11) is 4.16. The van der Waals surface area contributed by atoms with Crippen molar-refractivity contribution in [2.24, 2.45) is 10.8 Å². The van der Waals surface area contributed by atoms with E-state index in [1.165, 1.54) is 30.5 Å². The zero-order valence-corrected chi connectivity index (χ0v) is 21.8. The zero-order chi connectivity index (χ0) is 24.8. The Labute approximate surface area is 209 Å². The Morgan fingerprint density at radius 2 is 1.71 bits per heavy atom. The molecule has 6 nitrogen and oxygen atoms in total. The molecule has 3 aromatic rings. The number of rotatable bonds is 6. The maximum Gasteiger partial charge on any atom is 0.323 e. The highest BCUT2D eigenvalue weighted by atomic mass is 16.2. The molecule has 1 aliphatic carbocycles. The second-order valence-electron chi connectivity index (χ2n) is 12.1. The minimum atomic E-state index is -0.226. The van der Waals surface area contributed by atoms with E-state index in [2.05, 4.69) is 90.3 Å². The van der Waals surface area contributed by atoms with Gasteiger partial charge in [0.1, 0.15) is 0 Å². The van der Waals surface area contributed by atoms with Crippen LogP contribution in [0.15, 0.2) is 54.7 Å². The highest BCUT2D eigenvalue weighted by molar-refractivity contribution is 6.01. The molecular formula is C29H39N5O. The van der Waals surface area contributed by atoms with Crippen LogP contribution in [0.25, 0.3) is 10.9 Å². The number of nitrogens with zero attached hydrogens (tertiary/aromatic N) is 3. The fraction of sp³-hybridized carbons (Fsp3) is 0.483. The minimum Gasteiger partial charge on any atom is -0.368 e. The third-order valence-electron chi connectivity index (χ3n) is 7.69. The number of benzene rings is 2. The molecule has 1 saturated carbocycles. The van der Waals surface area contributed by atoms with Gasteiger partial charge in [-0.2, -0.15) is 0 Å². The maximum absolute atomic E-state index is 12.7. The van der Waals surface area contributed by atoms with Gasteiger partial charge in [-0.05, 0) is 92.7 Å². The van der Waals surface area contributed by atoms with Crippen LogP contribution < -0.4 is 15.5 Å². The number of amides is 2. The van der Waals surface area contributed by atoms with Crippen molar-refractivity contribution in [1.29, 1.82) is 0 Å². The highest BCUT2D eigenvalue weighted by Crippen LogP contribution is 2.53. The first-order valence-electron chi connectivity index (χ1n) is 12.8. The van der Waals surface area contributed by atoms with Crippen LogP contribution in [-0.4, -0.2) is 48.7 Å². The minimum absolute atomic E-state index is 0.226. The largest absolute Gasteiger partial charge is 0.368 e. The summed E-state index contributed by atoms with van der Waals surface area (Å²) in [5.74, 6) is 0. The second-order valence-corrected chi connectivity index (χ2v) is 12.1. The number of urea groups is 1. The van der Waals surface area contributed by atoms with Gasteiger partial charge in [-0.15, -0.1) is 0 Å². The topological polar surface area (TPSA) is 52.5 Å². The summed E-state index contributed by atoms with van der Waals surface area (Å²) in [6.07, 6.45) is 5.92. The molecular weight excluding hydrogens is 434 g/mol. The number of anilines is 3. The molecule has 2 atom stereocenters. The molecule has 0 radical (unpaired) electrons. The van der Waals surface area contributed by atoms with Gasteiger partial charge in [0, 0.05) is 59.8 Å². The van der Waals surface area contributed by atoms with E-state index in [0.717, 1.165) is 36.4 Å². The summed E-state index contributed by atoms with van der Waals surface area (Å²) in [6, 6.07) is 16.9. The monoisotopic (exact) mass is 473 g/mol. The van der Waals surface area contributed by atoms with Crippen LogP contribution in [0.4, 0.5) is 21.9 Å². The standard InChI is InChI=1S/C29H39N5O/c1-28(2)17-25-18-29(3,19-28)20-34(25)24-9-6-22(7-10-24)30-27(35)31-23-8-11-26-21(16-23)12-13-33(26)15-14-32(4)5/h6-13,16,25H,14-15,17-20H2,1-5H3,(H2,30,31,35). The van der Waals surface area contributed by atoms with Crippen LogP contribution in [0.3, 0.4) is 0 Å². The van der Waals surface area contributed by atoms with Crippen molar-refractivity contribution in [3.05, 3.63) is 54.7 Å². The average molecular weight is 474 g/mol. The fourth-order valence-electron chi connectivity index (χ4n) is 6.57. The van der Waals surface area contributed by atoms with Crippen molar-refractivity contribution in [2.45, 2.75) is 52.6 Å². The van der Waals surface area contributed by atoms with Crippen LogP contribution in [0.5, 0.6) is 0 Å². The summed E-state index contributed by atoms with van der Waals surface area (Å²) in [5, 5.41) is 7.08. The average Bonchev–Trinajstić information content (AvgIpc) is 3.28. The predicted molar refractivity (Wildman–Crippen MR) is 146 cm³/mol. The molecule has 1 saturated heterocycles. The number of fused-ring (bicyclic) bond motifs is 3. The van der Waals surface area contributed by atoms with Crippen molar-refractivity contribution in [3.8, 4) is 0 Å². The van der Waals surface area contributed by atoms with Crippen molar-refractivity contribution < 1.29 is 4.79 Å². The Morgan fingerprint density at radius 1 is 1.00 bits per heavy atom. The molecule has 2 N–H and O–H groups in total. The molecule has 5 rings (SSSR count). The van der Waals surface area contributed by atoms with E-state index in [1.807, 2.05) is 24.3 Å². The Bertz CT molecular complexity index is 1210. The Kier molecular flexibility index (Phi) is 6.04. The molecule has 1 aromatic heterocycles. The van der Waals surface area contributed by atoms with Gasteiger partial charge in [-0.1, -0.05) is 20.8 Å². The van der Waals surface area contributed by atoms with Crippen molar-refractivity contribution in [1.82, 2.24) is 9.47 Å². The molecule has 2 bridgehead atoms. The van der Waals surface area contributed by atoms with E-state index >= 15 is 0 Å². The summed E-state index contributed by atoms with van der Waals surface area (Å²) >= 11 is 0. The lowest BCUT2D eigenvalue weighted by atomic mass is 9.65. The molecule has 6 heteroatoms. The first-order valence-corrected chi connectivity index (χ1v) is 12.8. The van der Waals surface area contributed by atoms with Gasteiger partial charge in [0.2, 0.25) is 0 Å². The third-order valence-corrected chi connectivity index (χ3v) is 7.69. The van der Waals surface area contributed by atoms with Gasteiger partial charge >= 0.3 is 6.03 Å². The number of carbonyl (C=O) groups excluding carboxylic acids is 1. The number of hydrogen-bond donors (Lipinski definition) is 2. The number of nitrogens with one attached hydrogen (secondary N) is 2. The van der Waals surface area contributed by atoms with Gasteiger partial charge < -0.3 is 25.0 Å². The Morgan fingerprint density at radius 3 is 2.46 bits per heavy atom. The molecule has 0 spiro atoms. The van der Waals surface area contributed by atoms with E-state index < -0.39 is 0 Å². The first-order chi connectivity index (χ1) is 16.6. The lowest BCUT2D eigenvalue weighted by molar-refractivity contribution is 0.136. The van der Waals surface area contributed by atoms with Gasteiger partial charge in [-0.3, -0.25) is 0 Å². The predicted octanol–water partition coefficient (Wildman–Crippen LogP) is 6.25. The summed E-state index contributed by atoms with van der Waals surface area (Å²) in [4.78, 5) is 17.4. The second kappa shape index (κ2) is 8.90. The molecule has 2 fully saturated rings. The van der Waals surface area contributed by atoms with Crippen LogP contribution in [-0.2, 0) is 6.54 Å². The first kappa shape index (κ1) is 23.7. The zero-order valence-electron chi connectivity index (χ0n) is 21.8. The van der Waals surface area contributed by atoms with Crippen molar-refractivity contribution >= 4 is 34.0 Å². The molecule has 2 aliphatic rings. The summed E-state index contributed by atoms with van der Waals surface area (Å²) in [6.45, 7) is 10.3. The molecule has 2 amide bonds. The Hall–Kier alpha value is -2.99. The molecule has 186 valence electrons. The van der Waals surface area contributed by atoms with Gasteiger partial charge in [0.15, 0.2) is 0 Å². The van der Waals surface area contributed by atoms with E-state index in [1.54, 1.807) is 0 Å². The Balaban J connectivity index is 1.20. The van der Waals surface area contributed by atoms with E-state index in [9.17, 15) is 4.79 Å². The van der Waals surface area contributed by atoms with Gasteiger partial charge in [0.05, 0.1) is 0 Å². The lowest BCUT2D eigenvalue weighted by Gasteiger charge is -2.39. The fourth-order valence-corrected chi connectivity index (χ4v) is 6.57. The SMILES string of the molecule is CN(C)CCn1ccc2cc(NC(=O)Nc3ccc(N4CC5(C)CC4CC(C)(C)C5)cc3)ccc21. The van der Waals surface area contributed by atoms with Crippen LogP contribution in [0.2, 0.25) is 0 Å². The normalized spacial score (nSPS) is 23.1. The van der Waals surface area contributed by atoms with Gasteiger partial charge in [-0.25, -0.2) is 4.79 Å². The number of carbonyl (C=O) groups is 1. The van der Waals surface area contributed by atoms with E-state index in [4.69, 9.17) is 0 Å². The van der Waals surface area contributed by atoms with E-state index in [0.29, 0.717) is 16.9 Å². The van der Waals surface area contributed by atoms with Crippen molar-refractivity contribution in [2.75, 3.05) is 42.7 Å². The highest BCUT2D eigenvalue weighted by Gasteiger charge is 2.49. The number of likely N-dealkylation sites (N-methyl/N-ethyl adjacent to an activating group) is 1. The summed E-state index contributed by atoms with van der Waals surface area (Å²) < 4.78 is 2.25. The van der Waals surface area contributed by atoms with E-state index in [-0.39, 0.29) is 6.03 Å². The molecule has 2 unspecified atom stereocenters. The van der Waals surface area contributed by atoms with Crippen LogP contribution in [0.1, 0.15) is 40.0 Å². The molecule has 2 aromatic carbocycles. The summed E-state index contributed by atoms with van der Waals surface area (Å²) in [5.41, 5.74) is 4.83.